The minimum Gasteiger partial charge on any atom is -0.479 e. The highest BCUT2D eigenvalue weighted by Crippen LogP contribution is 2.44. The lowest BCUT2D eigenvalue weighted by molar-refractivity contribution is -0.152. The van der Waals surface area contributed by atoms with E-state index in [0.717, 1.165) is 24.9 Å². The average molecular weight is 447 g/mol. The largest absolute Gasteiger partial charge is 0.479 e. The second-order valence-corrected chi connectivity index (χ2v) is 8.26. The molecule has 1 aromatic rings. The molecule has 0 bridgehead atoms. The topological polar surface area (TPSA) is 99.1 Å². The Labute approximate surface area is 188 Å². The zero-order valence-corrected chi connectivity index (χ0v) is 18.9. The van der Waals surface area contributed by atoms with Crippen LogP contribution < -0.4 is 14.0 Å². The summed E-state index contributed by atoms with van der Waals surface area (Å²) in [6, 6.07) is 3.45. The third kappa shape index (κ3) is 5.12. The number of aliphatic carboxylic acids is 1. The van der Waals surface area contributed by atoms with Crippen LogP contribution in [0, 0.1) is 0 Å². The normalized spacial score (nSPS) is 18.8. The molecule has 0 fully saturated rings. The fourth-order valence-corrected chi connectivity index (χ4v) is 4.31. The summed E-state index contributed by atoms with van der Waals surface area (Å²) in [5.41, 5.74) is 0.994. The highest BCUT2D eigenvalue weighted by atomic mass is 16.7. The number of ketones is 1. The summed E-state index contributed by atoms with van der Waals surface area (Å²) in [5, 5.41) is 8.84. The van der Waals surface area contributed by atoms with Crippen LogP contribution in [0.5, 0.6) is 11.5 Å². The van der Waals surface area contributed by atoms with Gasteiger partial charge < -0.3 is 19.3 Å². The number of carbonyl (C=O) groups is 3. The Morgan fingerprint density at radius 2 is 1.69 bits per heavy atom. The van der Waals surface area contributed by atoms with Crippen LogP contribution in [0.15, 0.2) is 23.9 Å². The number of carboxylic acid groups (broad SMARTS) is 1. The maximum atomic E-state index is 13.2. The van der Waals surface area contributed by atoms with E-state index < -0.39 is 24.3 Å². The van der Waals surface area contributed by atoms with Crippen LogP contribution in [0.1, 0.15) is 69.2 Å². The molecule has 0 amide bonds. The van der Waals surface area contributed by atoms with Gasteiger partial charge in [-0.2, -0.15) is 0 Å². The molecule has 2 heterocycles. The van der Waals surface area contributed by atoms with Crippen molar-refractivity contribution in [1.29, 1.82) is 0 Å². The van der Waals surface area contributed by atoms with Gasteiger partial charge in [-0.05, 0) is 19.8 Å². The van der Waals surface area contributed by atoms with Crippen molar-refractivity contribution in [3.63, 3.8) is 0 Å². The molecule has 1 atom stereocenters. The highest BCUT2D eigenvalue weighted by molar-refractivity contribution is 6.27. The van der Waals surface area contributed by atoms with Crippen molar-refractivity contribution in [2.75, 3.05) is 26.5 Å². The average Bonchev–Trinajstić information content (AvgIpc) is 3.25. The van der Waals surface area contributed by atoms with Gasteiger partial charge in [-0.25, -0.2) is 9.59 Å². The predicted octanol–water partition coefficient (Wildman–Crippen LogP) is 4.20. The Morgan fingerprint density at radius 3 is 2.34 bits per heavy atom. The molecule has 2 aliphatic heterocycles. The molecular weight excluding hydrogens is 414 g/mol. The van der Waals surface area contributed by atoms with Crippen LogP contribution >= 0.6 is 0 Å². The Balaban J connectivity index is 1.88. The van der Waals surface area contributed by atoms with E-state index in [-0.39, 0.29) is 12.4 Å². The molecule has 0 aromatic heterocycles. The number of nitrogens with zero attached hydrogens (tertiary/aromatic N) is 1. The number of carbonyl (C=O) groups excluding carboxylic acids is 2. The van der Waals surface area contributed by atoms with E-state index in [4.69, 9.17) is 19.3 Å². The molecule has 1 N–H and O–H groups in total. The molecule has 3 rings (SSSR count). The van der Waals surface area contributed by atoms with E-state index in [0.29, 0.717) is 34.6 Å². The lowest BCUT2D eigenvalue weighted by atomic mass is 9.94. The molecule has 1 aromatic carbocycles. The summed E-state index contributed by atoms with van der Waals surface area (Å²) in [5.74, 6) is -1.64. The van der Waals surface area contributed by atoms with Gasteiger partial charge in [0.2, 0.25) is 12.6 Å². The van der Waals surface area contributed by atoms with Crippen molar-refractivity contribution in [2.45, 2.75) is 58.8 Å². The van der Waals surface area contributed by atoms with Gasteiger partial charge >= 0.3 is 11.9 Å². The van der Waals surface area contributed by atoms with Crippen molar-refractivity contribution < 1.29 is 33.7 Å². The van der Waals surface area contributed by atoms with E-state index in [1.807, 2.05) is 13.0 Å². The number of esters is 1. The molecular formula is C24H32NO7+. The standard InChI is InChI=1S/C24H31NO7/c1-3-5-6-7-8-9-10-11-25(4-2)14-18(24(29)30-15-22(26)27)23(28)17-12-20-21(13-19(17)25)32-16-31-20/h12-14H,3-11,15-16H2,1-2H3/p+1. The van der Waals surface area contributed by atoms with Gasteiger partial charge in [0, 0.05) is 12.1 Å². The van der Waals surface area contributed by atoms with Crippen LogP contribution in [0.3, 0.4) is 0 Å². The first kappa shape index (κ1) is 23.8. The molecule has 1 unspecified atom stereocenters. The molecule has 2 aliphatic rings. The summed E-state index contributed by atoms with van der Waals surface area (Å²) >= 11 is 0. The molecule has 0 spiro atoms. The fourth-order valence-electron chi connectivity index (χ4n) is 4.31. The Hall–Kier alpha value is -2.87. The van der Waals surface area contributed by atoms with Gasteiger partial charge in [0.05, 0.1) is 18.7 Å². The third-order valence-electron chi connectivity index (χ3n) is 6.11. The molecule has 0 saturated carbocycles. The molecule has 8 heteroatoms. The quantitative estimate of drug-likeness (QED) is 0.222. The minimum absolute atomic E-state index is 0.0806. The van der Waals surface area contributed by atoms with Gasteiger partial charge in [0.1, 0.15) is 6.20 Å². The lowest BCUT2D eigenvalue weighted by Gasteiger charge is -2.37. The number of carboxylic acids is 1. The number of ether oxygens (including phenoxy) is 3. The summed E-state index contributed by atoms with van der Waals surface area (Å²) in [4.78, 5) is 36.6. The number of unbranched alkanes of at least 4 members (excludes halogenated alkanes) is 6. The van der Waals surface area contributed by atoms with Gasteiger partial charge in [0.25, 0.3) is 0 Å². The van der Waals surface area contributed by atoms with E-state index in [2.05, 4.69) is 6.92 Å². The van der Waals surface area contributed by atoms with E-state index in [9.17, 15) is 14.4 Å². The SMILES string of the molecule is CCCCCCCCC[N+]1(CC)C=C(C(=O)OCC(=O)O)C(=O)c2cc3c(cc21)OCO3. The molecule has 174 valence electrons. The number of hydrogen-bond donors (Lipinski definition) is 1. The fraction of sp³-hybridized carbons (Fsp3) is 0.542. The van der Waals surface area contributed by atoms with Crippen molar-refractivity contribution in [3.8, 4) is 11.5 Å². The Bertz CT molecular complexity index is 908. The Morgan fingerprint density at radius 1 is 1.03 bits per heavy atom. The Kier molecular flexibility index (Phi) is 7.90. The maximum Gasteiger partial charge on any atom is 0.348 e. The number of Topliss-reactive ketones (excluding diaryl/α,β-unsaturated/α-hetero) is 1. The smallest absolute Gasteiger partial charge is 0.348 e. The van der Waals surface area contributed by atoms with E-state index >= 15 is 0 Å². The van der Waals surface area contributed by atoms with Crippen LogP contribution in [0.25, 0.3) is 0 Å². The molecule has 0 radical (unpaired) electrons. The monoisotopic (exact) mass is 446 g/mol. The van der Waals surface area contributed by atoms with Gasteiger partial charge in [0.15, 0.2) is 29.4 Å². The predicted molar refractivity (Wildman–Crippen MR) is 119 cm³/mol. The first-order valence-corrected chi connectivity index (χ1v) is 11.4. The number of benzene rings is 1. The number of fused-ring (bicyclic) bond motifs is 2. The van der Waals surface area contributed by atoms with E-state index in [1.54, 1.807) is 12.3 Å². The summed E-state index contributed by atoms with van der Waals surface area (Å²) in [6.07, 6.45) is 9.67. The van der Waals surface area contributed by atoms with E-state index in [1.165, 1.54) is 25.7 Å². The summed E-state index contributed by atoms with van der Waals surface area (Å²) in [6.45, 7) is 4.81. The van der Waals surface area contributed by atoms with Crippen molar-refractivity contribution >= 4 is 23.4 Å². The lowest BCUT2D eigenvalue weighted by Crippen LogP contribution is -2.49. The zero-order valence-electron chi connectivity index (χ0n) is 18.9. The highest BCUT2D eigenvalue weighted by Gasteiger charge is 2.43. The zero-order chi connectivity index (χ0) is 23.1. The molecule has 32 heavy (non-hydrogen) atoms. The minimum atomic E-state index is -1.27. The molecule has 0 saturated heterocycles. The summed E-state index contributed by atoms with van der Waals surface area (Å²) < 4.78 is 16.1. The van der Waals surface area contributed by atoms with Crippen molar-refractivity contribution in [3.05, 3.63) is 29.5 Å². The maximum absolute atomic E-state index is 13.2. The first-order chi connectivity index (χ1) is 15.4. The van der Waals surface area contributed by atoms with Crippen molar-refractivity contribution in [2.24, 2.45) is 0 Å². The second-order valence-electron chi connectivity index (χ2n) is 8.26. The van der Waals surface area contributed by atoms with Crippen LogP contribution in [-0.2, 0) is 14.3 Å². The van der Waals surface area contributed by atoms with Gasteiger partial charge in [-0.3, -0.25) is 9.28 Å². The summed E-state index contributed by atoms with van der Waals surface area (Å²) in [7, 11) is 0. The van der Waals surface area contributed by atoms with Gasteiger partial charge in [-0.1, -0.05) is 39.0 Å². The molecule has 0 aliphatic carbocycles. The first-order valence-electron chi connectivity index (χ1n) is 11.4. The van der Waals surface area contributed by atoms with Crippen LogP contribution in [-0.4, -0.2) is 49.3 Å². The van der Waals surface area contributed by atoms with Gasteiger partial charge in [-0.15, -0.1) is 0 Å². The second kappa shape index (κ2) is 10.6. The van der Waals surface area contributed by atoms with Crippen molar-refractivity contribution in [1.82, 2.24) is 4.48 Å². The number of hydrogen-bond acceptors (Lipinski definition) is 6. The van der Waals surface area contributed by atoms with Crippen LogP contribution in [0.2, 0.25) is 0 Å². The molecule has 8 nitrogen and oxygen atoms in total. The third-order valence-corrected chi connectivity index (χ3v) is 6.11. The number of rotatable bonds is 12. The number of quaternary nitrogens is 1. The van der Waals surface area contributed by atoms with Crippen LogP contribution in [0.4, 0.5) is 5.69 Å².